The fourth-order valence-electron chi connectivity index (χ4n) is 2.78. The minimum atomic E-state index is -1.70. The molecule has 2 heterocycles. The number of fused-ring (bicyclic) bond motifs is 1. The summed E-state index contributed by atoms with van der Waals surface area (Å²) in [5.41, 5.74) is -0.537. The van der Waals surface area contributed by atoms with Crippen molar-refractivity contribution in [1.82, 2.24) is 14.7 Å². The number of rotatable bonds is 3. The Hall–Kier alpha value is -2.22. The fraction of sp³-hybridized carbons (Fsp3) is 0.333. The van der Waals surface area contributed by atoms with Gasteiger partial charge in [-0.25, -0.2) is 18.0 Å². The molecule has 1 aliphatic rings. The lowest BCUT2D eigenvalue weighted by molar-refractivity contribution is 0.0486. The van der Waals surface area contributed by atoms with Crippen LogP contribution in [0.4, 0.5) is 18.0 Å². The molecule has 0 fully saturated rings. The second-order valence-electron chi connectivity index (χ2n) is 5.69. The van der Waals surface area contributed by atoms with Gasteiger partial charge in [-0.05, 0) is 24.3 Å². The third-order valence-corrected chi connectivity index (χ3v) is 4.34. The second-order valence-corrected chi connectivity index (χ2v) is 6.10. The Labute approximate surface area is 140 Å². The molecule has 5 nitrogen and oxygen atoms in total. The first kappa shape index (κ1) is 16.6. The van der Waals surface area contributed by atoms with Crippen molar-refractivity contribution < 1.29 is 23.1 Å². The maximum absolute atomic E-state index is 13.6. The maximum Gasteiger partial charge on any atom is 0.407 e. The topological polar surface area (TPSA) is 58.4 Å². The molecule has 1 aromatic heterocycles. The first-order valence-corrected chi connectivity index (χ1v) is 7.42. The van der Waals surface area contributed by atoms with Crippen molar-refractivity contribution in [2.24, 2.45) is 0 Å². The van der Waals surface area contributed by atoms with E-state index in [1.54, 1.807) is 0 Å². The zero-order chi connectivity index (χ0) is 17.5. The quantitative estimate of drug-likeness (QED) is 0.913. The average Bonchev–Trinajstić information content (AvgIpc) is 3.01. The van der Waals surface area contributed by atoms with Crippen LogP contribution in [0, 0.1) is 5.82 Å². The van der Waals surface area contributed by atoms with Gasteiger partial charge in [-0.15, -0.1) is 0 Å². The summed E-state index contributed by atoms with van der Waals surface area (Å²) in [4.78, 5) is 12.2. The highest BCUT2D eigenvalue weighted by Gasteiger charge is 2.43. The molecule has 0 aliphatic carbocycles. The molecule has 0 saturated carbocycles. The van der Waals surface area contributed by atoms with Gasteiger partial charge in [0.15, 0.2) is 0 Å². The lowest BCUT2D eigenvalue weighted by Crippen LogP contribution is -2.55. The first-order chi connectivity index (χ1) is 11.4. The molecule has 1 N–H and O–H groups in total. The number of benzene rings is 1. The summed E-state index contributed by atoms with van der Waals surface area (Å²) < 4.78 is 41.7. The normalized spacial score (nSPS) is 16.1. The number of hydrogen-bond donors (Lipinski definition) is 1. The van der Waals surface area contributed by atoms with Gasteiger partial charge in [0.2, 0.25) is 0 Å². The van der Waals surface area contributed by atoms with E-state index in [1.165, 1.54) is 22.9 Å². The van der Waals surface area contributed by atoms with Crippen molar-refractivity contribution in [3.63, 3.8) is 0 Å². The molecule has 0 unspecified atom stereocenters. The highest BCUT2D eigenvalue weighted by atomic mass is 35.5. The van der Waals surface area contributed by atoms with E-state index in [9.17, 15) is 23.1 Å². The van der Waals surface area contributed by atoms with Gasteiger partial charge in [-0.2, -0.15) is 5.10 Å². The van der Waals surface area contributed by atoms with Crippen LogP contribution in [0.15, 0.2) is 24.3 Å². The van der Waals surface area contributed by atoms with Crippen LogP contribution in [0.3, 0.4) is 0 Å². The zero-order valence-electron chi connectivity index (χ0n) is 12.3. The Balaban J connectivity index is 2.09. The second kappa shape index (κ2) is 6.01. The van der Waals surface area contributed by atoms with Crippen LogP contribution in [0.1, 0.15) is 5.69 Å². The Morgan fingerprint density at radius 1 is 1.33 bits per heavy atom. The number of carbonyl (C=O) groups is 1. The van der Waals surface area contributed by atoms with Crippen molar-refractivity contribution in [2.45, 2.75) is 12.1 Å². The summed E-state index contributed by atoms with van der Waals surface area (Å²) in [6.07, 6.45) is -1.26. The molecule has 0 bridgehead atoms. The van der Waals surface area contributed by atoms with E-state index in [4.69, 9.17) is 11.6 Å². The number of aromatic nitrogens is 2. The highest BCUT2D eigenvalue weighted by Crippen LogP contribution is 2.32. The predicted octanol–water partition coefficient (Wildman–Crippen LogP) is 3.47. The Morgan fingerprint density at radius 2 is 2.04 bits per heavy atom. The Kier molecular flexibility index (Phi) is 4.16. The van der Waals surface area contributed by atoms with E-state index in [2.05, 4.69) is 5.10 Å². The Bertz CT molecular complexity index is 792. The maximum atomic E-state index is 13.6. The molecule has 1 aliphatic heterocycles. The molecule has 1 amide bonds. The van der Waals surface area contributed by atoms with E-state index < -0.39 is 30.8 Å². The fourth-order valence-corrected chi connectivity index (χ4v) is 2.96. The number of amides is 1. The van der Waals surface area contributed by atoms with Gasteiger partial charge in [0.25, 0.3) is 0 Å². The summed E-state index contributed by atoms with van der Waals surface area (Å²) >= 11 is 5.75. The van der Waals surface area contributed by atoms with E-state index in [1.807, 2.05) is 0 Å². The number of hydrogen-bond acceptors (Lipinski definition) is 2. The monoisotopic (exact) mass is 359 g/mol. The largest absolute Gasteiger partial charge is 0.465 e. The van der Waals surface area contributed by atoms with Gasteiger partial charge >= 0.3 is 6.09 Å². The minimum Gasteiger partial charge on any atom is -0.465 e. The highest BCUT2D eigenvalue weighted by molar-refractivity contribution is 6.31. The van der Waals surface area contributed by atoms with Gasteiger partial charge in [0.05, 0.1) is 29.5 Å². The number of halogens is 4. The van der Waals surface area contributed by atoms with Gasteiger partial charge in [-0.1, -0.05) is 11.6 Å². The predicted molar refractivity (Wildman–Crippen MR) is 81.0 cm³/mol. The van der Waals surface area contributed by atoms with Crippen molar-refractivity contribution in [3.8, 4) is 11.3 Å². The molecule has 0 radical (unpaired) electrons. The van der Waals surface area contributed by atoms with E-state index in [-0.39, 0.29) is 18.1 Å². The Morgan fingerprint density at radius 3 is 2.62 bits per heavy atom. The van der Waals surface area contributed by atoms with Crippen LogP contribution >= 0.6 is 11.6 Å². The zero-order valence-corrected chi connectivity index (χ0v) is 13.1. The van der Waals surface area contributed by atoms with Crippen LogP contribution in [0.5, 0.6) is 0 Å². The molecule has 0 atom stereocenters. The molecule has 128 valence electrons. The summed E-state index contributed by atoms with van der Waals surface area (Å²) in [5, 5.41) is 13.3. The summed E-state index contributed by atoms with van der Waals surface area (Å²) in [7, 11) is 0. The average molecular weight is 360 g/mol. The molecule has 24 heavy (non-hydrogen) atoms. The molecule has 2 aromatic rings. The van der Waals surface area contributed by atoms with E-state index >= 15 is 0 Å². The van der Waals surface area contributed by atoms with Gasteiger partial charge in [0, 0.05) is 5.56 Å². The van der Waals surface area contributed by atoms with Gasteiger partial charge < -0.3 is 5.11 Å². The van der Waals surface area contributed by atoms with Crippen LogP contribution < -0.4 is 0 Å². The van der Waals surface area contributed by atoms with Crippen LogP contribution in [-0.2, 0) is 12.1 Å². The smallest absolute Gasteiger partial charge is 0.407 e. The summed E-state index contributed by atoms with van der Waals surface area (Å²) in [5.74, 6) is -0.594. The molecule has 1 aromatic carbocycles. The van der Waals surface area contributed by atoms with Crippen LogP contribution in [0.25, 0.3) is 11.3 Å². The molecule has 9 heteroatoms. The lowest BCUT2D eigenvalue weighted by Gasteiger charge is -2.39. The lowest BCUT2D eigenvalue weighted by atomic mass is 10.00. The van der Waals surface area contributed by atoms with Gasteiger partial charge in [-0.3, -0.25) is 9.58 Å². The van der Waals surface area contributed by atoms with Crippen LogP contribution in [0.2, 0.25) is 5.02 Å². The molecule has 3 rings (SSSR count). The van der Waals surface area contributed by atoms with Gasteiger partial charge in [0.1, 0.15) is 24.7 Å². The number of nitrogens with zero attached hydrogens (tertiary/aromatic N) is 3. The third kappa shape index (κ3) is 2.60. The third-order valence-electron chi connectivity index (χ3n) is 4.05. The molecule has 0 spiro atoms. The van der Waals surface area contributed by atoms with Crippen molar-refractivity contribution in [2.75, 3.05) is 19.9 Å². The van der Waals surface area contributed by atoms with E-state index in [0.29, 0.717) is 17.0 Å². The van der Waals surface area contributed by atoms with Crippen molar-refractivity contribution in [1.29, 1.82) is 0 Å². The van der Waals surface area contributed by atoms with E-state index in [0.717, 1.165) is 11.0 Å². The number of carboxylic acid groups (broad SMARTS) is 1. The standard InChI is InChI=1S/C15H13ClF3N3O2/c16-11-3-9(1-2-12(11)19)13-4-10-5-21(14(23)24)8-15(6-17,7-18)22(10)20-13/h1-4H,5-8H2,(H,23,24). The molecular formula is C15H13ClF3N3O2. The SMILES string of the molecule is O=C(O)N1Cc2cc(-c3ccc(F)c(Cl)c3)nn2C(CF)(CF)C1. The van der Waals surface area contributed by atoms with Crippen LogP contribution in [-0.4, -0.2) is 45.8 Å². The van der Waals surface area contributed by atoms with Crippen molar-refractivity contribution in [3.05, 3.63) is 40.8 Å². The summed E-state index contributed by atoms with van der Waals surface area (Å²) in [6, 6.07) is 5.49. The first-order valence-electron chi connectivity index (χ1n) is 7.05. The number of alkyl halides is 2. The summed E-state index contributed by atoms with van der Waals surface area (Å²) in [6.45, 7) is -2.59. The molecule has 0 saturated heterocycles. The minimum absolute atomic E-state index is 0.0426. The molecular weight excluding hydrogens is 347 g/mol. The van der Waals surface area contributed by atoms with Crippen molar-refractivity contribution >= 4 is 17.7 Å².